The van der Waals surface area contributed by atoms with Crippen molar-refractivity contribution in [3.63, 3.8) is 0 Å². The molecule has 1 aromatic heterocycles. The number of aliphatic hydroxyl groups is 1. The molecule has 20 heavy (non-hydrogen) atoms. The largest absolute Gasteiger partial charge is 0.396 e. The maximum Gasteiger partial charge on any atom is 0.279 e. The van der Waals surface area contributed by atoms with Gasteiger partial charge in [-0.05, 0) is 25.7 Å². The summed E-state index contributed by atoms with van der Waals surface area (Å²) in [5, 5.41) is 9.15. The lowest BCUT2D eigenvalue weighted by atomic mass is 10.0. The highest BCUT2D eigenvalue weighted by Crippen LogP contribution is 2.18. The third-order valence-electron chi connectivity index (χ3n) is 3.35. The van der Waals surface area contributed by atoms with Crippen molar-refractivity contribution in [2.75, 3.05) is 19.7 Å². The van der Waals surface area contributed by atoms with Gasteiger partial charge in [-0.3, -0.25) is 9.97 Å². The average molecular weight is 300 g/mol. The van der Waals surface area contributed by atoms with Crippen LogP contribution in [0, 0.1) is 12.8 Å². The van der Waals surface area contributed by atoms with Crippen LogP contribution in [0.3, 0.4) is 0 Å². The van der Waals surface area contributed by atoms with Crippen molar-refractivity contribution in [2.24, 2.45) is 5.92 Å². The minimum absolute atomic E-state index is 0.0233. The lowest BCUT2D eigenvalue weighted by molar-refractivity contribution is 0.164. The molecule has 1 atom stereocenters. The number of aliphatic hydroxyl groups excluding tert-OH is 1. The van der Waals surface area contributed by atoms with Crippen LogP contribution < -0.4 is 4.72 Å². The van der Waals surface area contributed by atoms with E-state index in [2.05, 4.69) is 14.7 Å². The zero-order valence-corrected chi connectivity index (χ0v) is 12.3. The molecule has 112 valence electrons. The van der Waals surface area contributed by atoms with Crippen LogP contribution in [0.1, 0.15) is 24.2 Å². The Bertz CT molecular complexity index is 532. The molecule has 0 radical (unpaired) electrons. The predicted molar refractivity (Wildman–Crippen MR) is 73.9 cm³/mol. The first-order chi connectivity index (χ1) is 9.51. The first kappa shape index (κ1) is 15.3. The molecule has 1 aliphatic heterocycles. The summed E-state index contributed by atoms with van der Waals surface area (Å²) in [5.41, 5.74) is 1.37. The molecule has 0 spiro atoms. The summed E-state index contributed by atoms with van der Waals surface area (Å²) in [6.07, 6.45) is 4.80. The fourth-order valence-electron chi connectivity index (χ4n) is 2.16. The Balaban J connectivity index is 1.95. The Morgan fingerprint density at radius 2 is 2.25 bits per heavy atom. The molecule has 2 rings (SSSR count). The third-order valence-corrected chi connectivity index (χ3v) is 4.87. The van der Waals surface area contributed by atoms with E-state index in [4.69, 9.17) is 5.11 Å². The third kappa shape index (κ3) is 3.95. The van der Waals surface area contributed by atoms with Crippen molar-refractivity contribution in [1.82, 2.24) is 19.0 Å². The Kier molecular flexibility index (Phi) is 5.03. The van der Waals surface area contributed by atoms with Gasteiger partial charge in [0.25, 0.3) is 10.2 Å². The van der Waals surface area contributed by atoms with E-state index in [1.54, 1.807) is 12.4 Å². The van der Waals surface area contributed by atoms with Crippen LogP contribution in [0.15, 0.2) is 12.4 Å². The molecule has 0 saturated carbocycles. The monoisotopic (exact) mass is 300 g/mol. The summed E-state index contributed by atoms with van der Waals surface area (Å²) in [7, 11) is -3.53. The number of aromatic nitrogens is 2. The Morgan fingerprint density at radius 3 is 2.90 bits per heavy atom. The number of hydrogen-bond acceptors (Lipinski definition) is 5. The van der Waals surface area contributed by atoms with Crippen LogP contribution in [-0.4, -0.2) is 47.5 Å². The number of nitrogens with one attached hydrogen (secondary N) is 1. The molecule has 0 amide bonds. The molecular formula is C12H20N4O3S. The Morgan fingerprint density at radius 1 is 1.45 bits per heavy atom. The first-order valence-electron chi connectivity index (χ1n) is 6.64. The Labute approximate surface area is 119 Å². The van der Waals surface area contributed by atoms with Gasteiger partial charge < -0.3 is 5.11 Å². The summed E-state index contributed by atoms with van der Waals surface area (Å²) < 4.78 is 28.3. The van der Waals surface area contributed by atoms with Gasteiger partial charge in [0.05, 0.1) is 24.1 Å². The van der Waals surface area contributed by atoms with E-state index in [0.717, 1.165) is 18.5 Å². The van der Waals surface area contributed by atoms with Gasteiger partial charge >= 0.3 is 0 Å². The first-order valence-corrected chi connectivity index (χ1v) is 8.08. The molecule has 1 unspecified atom stereocenters. The maximum atomic E-state index is 12.2. The molecular weight excluding hydrogens is 280 g/mol. The van der Waals surface area contributed by atoms with Gasteiger partial charge in [0.15, 0.2) is 0 Å². The Hall–Kier alpha value is -1.09. The molecule has 2 heterocycles. The van der Waals surface area contributed by atoms with Crippen molar-refractivity contribution in [3.8, 4) is 0 Å². The zero-order chi connectivity index (χ0) is 14.6. The quantitative estimate of drug-likeness (QED) is 0.787. The normalized spacial score (nSPS) is 21.0. The van der Waals surface area contributed by atoms with Crippen LogP contribution in [0.5, 0.6) is 0 Å². The second kappa shape index (κ2) is 6.57. The van der Waals surface area contributed by atoms with E-state index < -0.39 is 10.2 Å². The highest BCUT2D eigenvalue weighted by atomic mass is 32.2. The average Bonchev–Trinajstić information content (AvgIpc) is 2.47. The van der Waals surface area contributed by atoms with Crippen molar-refractivity contribution >= 4 is 10.2 Å². The molecule has 0 bridgehead atoms. The summed E-state index contributed by atoms with van der Waals surface area (Å²) in [5.74, 6) is 0.0273. The fourth-order valence-corrected chi connectivity index (χ4v) is 3.45. The van der Waals surface area contributed by atoms with Gasteiger partial charge in [-0.25, -0.2) is 0 Å². The van der Waals surface area contributed by atoms with Crippen LogP contribution in [-0.2, 0) is 16.8 Å². The van der Waals surface area contributed by atoms with Crippen molar-refractivity contribution in [3.05, 3.63) is 23.8 Å². The lowest BCUT2D eigenvalue weighted by Crippen LogP contribution is -2.46. The summed E-state index contributed by atoms with van der Waals surface area (Å²) >= 11 is 0. The molecule has 1 aromatic rings. The minimum Gasteiger partial charge on any atom is -0.396 e. The molecule has 2 N–H and O–H groups in total. The second-order valence-electron chi connectivity index (χ2n) is 5.02. The molecule has 0 aromatic carbocycles. The van der Waals surface area contributed by atoms with Crippen LogP contribution in [0.25, 0.3) is 0 Å². The molecule has 1 fully saturated rings. The SMILES string of the molecule is Cc1cnc(CNS(=O)(=O)N2CCCC(CO)C2)cn1. The minimum atomic E-state index is -3.53. The van der Waals surface area contributed by atoms with Crippen LogP contribution >= 0.6 is 0 Å². The topological polar surface area (TPSA) is 95.4 Å². The fraction of sp³-hybridized carbons (Fsp3) is 0.667. The van der Waals surface area contributed by atoms with Gasteiger partial charge in [0.1, 0.15) is 0 Å². The van der Waals surface area contributed by atoms with Crippen molar-refractivity contribution in [2.45, 2.75) is 26.3 Å². The van der Waals surface area contributed by atoms with E-state index in [-0.39, 0.29) is 19.1 Å². The van der Waals surface area contributed by atoms with Gasteiger partial charge in [-0.15, -0.1) is 0 Å². The zero-order valence-electron chi connectivity index (χ0n) is 11.5. The number of aryl methyl sites for hydroxylation is 1. The summed E-state index contributed by atoms with van der Waals surface area (Å²) in [6, 6.07) is 0. The smallest absolute Gasteiger partial charge is 0.279 e. The highest BCUT2D eigenvalue weighted by molar-refractivity contribution is 7.87. The number of hydrogen-bond donors (Lipinski definition) is 2. The van der Waals surface area contributed by atoms with E-state index in [0.29, 0.717) is 18.8 Å². The molecule has 0 aliphatic carbocycles. The van der Waals surface area contributed by atoms with E-state index >= 15 is 0 Å². The summed E-state index contributed by atoms with van der Waals surface area (Å²) in [6.45, 7) is 2.83. The maximum absolute atomic E-state index is 12.2. The number of piperidine rings is 1. The van der Waals surface area contributed by atoms with E-state index in [9.17, 15) is 8.42 Å². The lowest BCUT2D eigenvalue weighted by Gasteiger charge is -2.30. The van der Waals surface area contributed by atoms with E-state index in [1.807, 2.05) is 6.92 Å². The number of nitrogens with zero attached hydrogens (tertiary/aromatic N) is 3. The predicted octanol–water partition coefficient (Wildman–Crippen LogP) is -0.176. The van der Waals surface area contributed by atoms with Gasteiger partial charge in [-0.2, -0.15) is 17.4 Å². The van der Waals surface area contributed by atoms with Crippen molar-refractivity contribution in [1.29, 1.82) is 0 Å². The van der Waals surface area contributed by atoms with Crippen molar-refractivity contribution < 1.29 is 13.5 Å². The second-order valence-corrected chi connectivity index (χ2v) is 6.78. The molecule has 1 saturated heterocycles. The molecule has 7 nitrogen and oxygen atoms in total. The molecule has 1 aliphatic rings. The van der Waals surface area contributed by atoms with E-state index in [1.165, 1.54) is 4.31 Å². The highest BCUT2D eigenvalue weighted by Gasteiger charge is 2.28. The number of rotatable bonds is 5. The van der Waals surface area contributed by atoms with Gasteiger partial charge in [-0.1, -0.05) is 0 Å². The van der Waals surface area contributed by atoms with Crippen LogP contribution in [0.4, 0.5) is 0 Å². The molecule has 8 heteroatoms. The standard InChI is InChI=1S/C12H20N4O3S/c1-10-5-14-12(6-13-10)7-15-20(18,19)16-4-2-3-11(8-16)9-17/h5-6,11,15,17H,2-4,7-9H2,1H3. The summed E-state index contributed by atoms with van der Waals surface area (Å²) in [4.78, 5) is 8.18. The van der Waals surface area contributed by atoms with Gasteiger partial charge in [0.2, 0.25) is 0 Å². The van der Waals surface area contributed by atoms with Gasteiger partial charge in [0, 0.05) is 25.9 Å². The van der Waals surface area contributed by atoms with Crippen LogP contribution in [0.2, 0.25) is 0 Å².